The molecule has 0 aromatic carbocycles. The molecule has 3 rings (SSSR count). The minimum Gasteiger partial charge on any atom is -0.363 e. The highest BCUT2D eigenvalue weighted by Gasteiger charge is 2.35. The molecule has 104 valence electrons. The smallest absolute Gasteiger partial charge is 0.112 e. The van der Waals surface area contributed by atoms with Gasteiger partial charge in [0.15, 0.2) is 0 Å². The second kappa shape index (κ2) is 4.94. The molecule has 1 saturated carbocycles. The van der Waals surface area contributed by atoms with Crippen molar-refractivity contribution < 1.29 is 0 Å². The molecular formula is C14H23N5. The number of likely N-dealkylation sites (N-methyl/N-ethyl adjacent to an activating group) is 1. The Labute approximate surface area is 114 Å². The van der Waals surface area contributed by atoms with E-state index < -0.39 is 0 Å². The SMILES string of the molecule is CC1=NN(C)C(C)C1NC1=NC=NC2CCCCC12. The zero-order chi connectivity index (χ0) is 13.4. The van der Waals surface area contributed by atoms with Crippen LogP contribution in [-0.4, -0.2) is 48.1 Å². The molecule has 0 bridgehead atoms. The van der Waals surface area contributed by atoms with Crippen molar-refractivity contribution in [3.05, 3.63) is 0 Å². The molecule has 0 amide bonds. The van der Waals surface area contributed by atoms with E-state index in [1.54, 1.807) is 6.34 Å². The van der Waals surface area contributed by atoms with Gasteiger partial charge in [-0.25, -0.2) is 4.99 Å². The van der Waals surface area contributed by atoms with Gasteiger partial charge in [-0.05, 0) is 26.7 Å². The molecule has 1 fully saturated rings. The summed E-state index contributed by atoms with van der Waals surface area (Å²) in [5, 5.41) is 10.2. The first kappa shape index (κ1) is 12.6. The van der Waals surface area contributed by atoms with Crippen LogP contribution >= 0.6 is 0 Å². The molecule has 5 heteroatoms. The molecule has 0 aromatic rings. The number of hydrogen-bond acceptors (Lipinski definition) is 5. The van der Waals surface area contributed by atoms with Gasteiger partial charge in [0.2, 0.25) is 0 Å². The van der Waals surface area contributed by atoms with Gasteiger partial charge in [0.05, 0.1) is 23.8 Å². The Morgan fingerprint density at radius 1 is 1.32 bits per heavy atom. The maximum absolute atomic E-state index is 4.54. The Balaban J connectivity index is 1.74. The summed E-state index contributed by atoms with van der Waals surface area (Å²) in [6, 6.07) is 1.10. The lowest BCUT2D eigenvalue weighted by Crippen LogP contribution is -2.51. The molecule has 4 atom stereocenters. The zero-order valence-electron chi connectivity index (χ0n) is 12.0. The highest BCUT2D eigenvalue weighted by atomic mass is 15.5. The summed E-state index contributed by atoms with van der Waals surface area (Å²) in [7, 11) is 2.03. The Bertz CT molecular complexity index is 439. The molecule has 3 aliphatic rings. The fourth-order valence-corrected chi connectivity index (χ4v) is 3.38. The summed E-state index contributed by atoms with van der Waals surface area (Å²) >= 11 is 0. The van der Waals surface area contributed by atoms with Gasteiger partial charge in [-0.2, -0.15) is 5.10 Å². The van der Waals surface area contributed by atoms with Crippen molar-refractivity contribution in [1.82, 2.24) is 10.3 Å². The van der Waals surface area contributed by atoms with E-state index in [9.17, 15) is 0 Å². The van der Waals surface area contributed by atoms with Gasteiger partial charge in [0, 0.05) is 13.0 Å². The predicted molar refractivity (Wildman–Crippen MR) is 78.9 cm³/mol. The Morgan fingerprint density at radius 2 is 2.11 bits per heavy atom. The molecule has 0 radical (unpaired) electrons. The van der Waals surface area contributed by atoms with Crippen molar-refractivity contribution in [2.45, 2.75) is 57.7 Å². The number of aliphatic imine (C=N–C) groups is 2. The summed E-state index contributed by atoms with van der Waals surface area (Å²) < 4.78 is 0. The molecule has 19 heavy (non-hydrogen) atoms. The second-order valence-electron chi connectivity index (χ2n) is 5.91. The molecule has 1 aliphatic carbocycles. The number of amidine groups is 1. The van der Waals surface area contributed by atoms with Crippen LogP contribution in [-0.2, 0) is 0 Å². The predicted octanol–water partition coefficient (Wildman–Crippen LogP) is 1.65. The first-order valence-corrected chi connectivity index (χ1v) is 7.30. The van der Waals surface area contributed by atoms with Crippen LogP contribution in [0.4, 0.5) is 0 Å². The largest absolute Gasteiger partial charge is 0.363 e. The van der Waals surface area contributed by atoms with Gasteiger partial charge in [-0.1, -0.05) is 12.8 Å². The zero-order valence-corrected chi connectivity index (χ0v) is 12.0. The van der Waals surface area contributed by atoms with Crippen LogP contribution in [0.2, 0.25) is 0 Å². The minimum absolute atomic E-state index is 0.276. The molecule has 4 unspecified atom stereocenters. The first-order chi connectivity index (χ1) is 9.16. The molecule has 0 spiro atoms. The van der Waals surface area contributed by atoms with Crippen molar-refractivity contribution >= 4 is 17.9 Å². The normalized spacial score (nSPS) is 37.7. The fourth-order valence-electron chi connectivity index (χ4n) is 3.38. The molecule has 2 aliphatic heterocycles. The lowest BCUT2D eigenvalue weighted by atomic mass is 9.83. The number of nitrogens with one attached hydrogen (secondary N) is 1. The highest BCUT2D eigenvalue weighted by molar-refractivity contribution is 5.98. The quantitative estimate of drug-likeness (QED) is 0.780. The van der Waals surface area contributed by atoms with E-state index in [4.69, 9.17) is 0 Å². The molecule has 5 nitrogen and oxygen atoms in total. The van der Waals surface area contributed by atoms with Gasteiger partial charge in [0.25, 0.3) is 0 Å². The van der Waals surface area contributed by atoms with Crippen molar-refractivity contribution in [2.24, 2.45) is 21.0 Å². The van der Waals surface area contributed by atoms with E-state index in [1.807, 2.05) is 12.1 Å². The van der Waals surface area contributed by atoms with E-state index in [0.717, 1.165) is 11.5 Å². The van der Waals surface area contributed by atoms with Gasteiger partial charge in [0.1, 0.15) is 12.2 Å². The van der Waals surface area contributed by atoms with Crippen LogP contribution in [0, 0.1) is 5.92 Å². The highest BCUT2D eigenvalue weighted by Crippen LogP contribution is 2.29. The lowest BCUT2D eigenvalue weighted by Gasteiger charge is -2.34. The van der Waals surface area contributed by atoms with E-state index in [-0.39, 0.29) is 6.04 Å². The molecule has 2 heterocycles. The average Bonchev–Trinajstić information content (AvgIpc) is 2.66. The van der Waals surface area contributed by atoms with Crippen LogP contribution in [0.3, 0.4) is 0 Å². The van der Waals surface area contributed by atoms with Crippen LogP contribution in [0.1, 0.15) is 39.5 Å². The number of fused-ring (bicyclic) bond motifs is 1. The van der Waals surface area contributed by atoms with E-state index in [0.29, 0.717) is 18.0 Å². The Hall–Kier alpha value is -1.39. The minimum atomic E-state index is 0.276. The van der Waals surface area contributed by atoms with Crippen LogP contribution < -0.4 is 5.32 Å². The fraction of sp³-hybridized carbons (Fsp3) is 0.786. The van der Waals surface area contributed by atoms with Crippen molar-refractivity contribution in [3.8, 4) is 0 Å². The maximum atomic E-state index is 4.54. The topological polar surface area (TPSA) is 52.3 Å². The summed E-state index contributed by atoms with van der Waals surface area (Å²) in [5.74, 6) is 1.62. The number of hydrazone groups is 1. The van der Waals surface area contributed by atoms with E-state index >= 15 is 0 Å². The summed E-state index contributed by atoms with van der Waals surface area (Å²) in [5.41, 5.74) is 1.15. The molecule has 0 saturated heterocycles. The monoisotopic (exact) mass is 261 g/mol. The first-order valence-electron chi connectivity index (χ1n) is 7.30. The molecular weight excluding hydrogens is 238 g/mol. The van der Waals surface area contributed by atoms with Crippen LogP contribution in [0.15, 0.2) is 15.1 Å². The van der Waals surface area contributed by atoms with Crippen LogP contribution in [0.25, 0.3) is 0 Å². The third kappa shape index (κ3) is 2.26. The maximum Gasteiger partial charge on any atom is 0.112 e. The lowest BCUT2D eigenvalue weighted by molar-refractivity contribution is 0.280. The Morgan fingerprint density at radius 3 is 2.84 bits per heavy atom. The van der Waals surface area contributed by atoms with Gasteiger partial charge >= 0.3 is 0 Å². The number of hydrogen-bond donors (Lipinski definition) is 1. The van der Waals surface area contributed by atoms with Crippen LogP contribution in [0.5, 0.6) is 0 Å². The summed E-state index contributed by atoms with van der Waals surface area (Å²) in [6.07, 6.45) is 6.75. The third-order valence-corrected chi connectivity index (χ3v) is 4.68. The summed E-state index contributed by atoms with van der Waals surface area (Å²) in [4.78, 5) is 9.05. The van der Waals surface area contributed by atoms with E-state index in [1.165, 1.54) is 25.7 Å². The second-order valence-corrected chi connectivity index (χ2v) is 5.91. The van der Waals surface area contributed by atoms with Crippen molar-refractivity contribution in [1.29, 1.82) is 0 Å². The van der Waals surface area contributed by atoms with Crippen molar-refractivity contribution in [3.63, 3.8) is 0 Å². The van der Waals surface area contributed by atoms with Gasteiger partial charge < -0.3 is 5.32 Å². The van der Waals surface area contributed by atoms with Gasteiger partial charge in [-0.15, -0.1) is 0 Å². The summed E-state index contributed by atoms with van der Waals surface area (Å²) in [6.45, 7) is 4.29. The van der Waals surface area contributed by atoms with E-state index in [2.05, 4.69) is 34.3 Å². The van der Waals surface area contributed by atoms with Crippen molar-refractivity contribution in [2.75, 3.05) is 7.05 Å². The standard InChI is InChI=1S/C14H23N5/c1-9-13(10(2)19(3)18-9)17-14-11-6-4-5-7-12(11)15-8-16-14/h8,10-13H,4-7H2,1-3H3,(H,15,16,17). The molecule has 1 N–H and O–H groups in total. The number of rotatable bonds is 1. The Kier molecular flexibility index (Phi) is 3.29. The van der Waals surface area contributed by atoms with Gasteiger partial charge in [-0.3, -0.25) is 10.0 Å². The molecule has 0 aromatic heterocycles. The third-order valence-electron chi connectivity index (χ3n) is 4.68. The number of nitrogens with zero attached hydrogens (tertiary/aromatic N) is 4. The average molecular weight is 261 g/mol.